The number of nitrogens with zero attached hydrogens (tertiary/aromatic N) is 3. The fourth-order valence-electron chi connectivity index (χ4n) is 9.15. The number of rotatable bonds is 18. The van der Waals surface area contributed by atoms with Crippen molar-refractivity contribution in [2.24, 2.45) is 16.2 Å². The maximum Gasteiger partial charge on any atom is 0.251 e. The Morgan fingerprint density at radius 1 is 0.969 bits per heavy atom. The van der Waals surface area contributed by atoms with Gasteiger partial charge in [0.2, 0.25) is 17.7 Å². The molecular formula is C50H61ClN6O7S. The molecule has 1 saturated heterocycles. The number of aryl methyl sites for hydroxylation is 1. The van der Waals surface area contributed by atoms with Gasteiger partial charge in [0, 0.05) is 48.2 Å². The lowest BCUT2D eigenvalue weighted by molar-refractivity contribution is -0.164. The molecule has 4 amide bonds. The first-order valence-corrected chi connectivity index (χ1v) is 23.4. The molecule has 1 aromatic heterocycles. The van der Waals surface area contributed by atoms with Gasteiger partial charge in [-0.3, -0.25) is 19.2 Å². The van der Waals surface area contributed by atoms with Crippen LogP contribution < -0.4 is 25.4 Å². The third kappa shape index (κ3) is 11.7. The maximum absolute atomic E-state index is 13.9. The highest BCUT2D eigenvalue weighted by atomic mass is 35.5. The third-order valence-corrected chi connectivity index (χ3v) is 13.7. The van der Waals surface area contributed by atoms with E-state index in [2.05, 4.69) is 54.7 Å². The number of hydrogen-bond donors (Lipinski definition) is 3. The average molecular weight is 926 g/mol. The van der Waals surface area contributed by atoms with E-state index in [4.69, 9.17) is 25.8 Å². The van der Waals surface area contributed by atoms with Crippen molar-refractivity contribution in [3.8, 4) is 28.0 Å². The molecule has 3 aromatic carbocycles. The van der Waals surface area contributed by atoms with Crippen LogP contribution in [0.1, 0.15) is 101 Å². The highest BCUT2D eigenvalue weighted by molar-refractivity contribution is 7.13. The van der Waals surface area contributed by atoms with E-state index in [0.29, 0.717) is 79.6 Å². The molecule has 65 heavy (non-hydrogen) atoms. The van der Waals surface area contributed by atoms with Crippen molar-refractivity contribution in [2.45, 2.75) is 112 Å². The number of thiazole rings is 1. The van der Waals surface area contributed by atoms with E-state index in [1.807, 2.05) is 57.5 Å². The lowest BCUT2D eigenvalue weighted by Gasteiger charge is -2.63. The Bertz CT molecular complexity index is 2350. The second kappa shape index (κ2) is 20.8. The van der Waals surface area contributed by atoms with Gasteiger partial charge in [0.25, 0.3) is 5.91 Å². The van der Waals surface area contributed by atoms with Gasteiger partial charge >= 0.3 is 0 Å². The van der Waals surface area contributed by atoms with Crippen molar-refractivity contribution >= 4 is 46.6 Å². The number of hydrogen-bond acceptors (Lipinski definition) is 10. The Kier molecular flexibility index (Phi) is 15.6. The summed E-state index contributed by atoms with van der Waals surface area (Å²) in [5, 5.41) is 18.6. The Hall–Kier alpha value is -5.49. The molecule has 13 nitrogen and oxygen atoms in total. The van der Waals surface area contributed by atoms with Crippen LogP contribution in [-0.4, -0.2) is 84.1 Å². The monoisotopic (exact) mass is 924 g/mol. The number of carbonyl (C=O) groups is 4. The first-order chi connectivity index (χ1) is 30.8. The Balaban J connectivity index is 0.885. The summed E-state index contributed by atoms with van der Waals surface area (Å²) in [6.45, 7) is 17.2. The SMILES string of the molecule is Cc1ncsc1-c1ccc(CNC(=O)[C@@H]2CCCN2C(=O)C(NC(=O)COCCCCOc2ccc(C(=O)NC3C(C)(C)C(Oc4ccc(C#N)c(Cl)c4)C3(C)C)cc2)C(C)(C)C)cc1. The lowest BCUT2D eigenvalue weighted by Crippen LogP contribution is -2.74. The third-order valence-electron chi connectivity index (χ3n) is 12.4. The van der Waals surface area contributed by atoms with E-state index in [1.165, 1.54) is 0 Å². The predicted octanol–water partition coefficient (Wildman–Crippen LogP) is 8.27. The first-order valence-electron chi connectivity index (χ1n) is 22.2. The fourth-order valence-corrected chi connectivity index (χ4v) is 10.2. The number of halogens is 1. The summed E-state index contributed by atoms with van der Waals surface area (Å²) in [4.78, 5) is 60.8. The van der Waals surface area contributed by atoms with Crippen LogP contribution in [0.4, 0.5) is 0 Å². The summed E-state index contributed by atoms with van der Waals surface area (Å²) in [7, 11) is 0. The molecule has 0 spiro atoms. The number of carbonyl (C=O) groups excluding carboxylic acids is 4. The van der Waals surface area contributed by atoms with Gasteiger partial charge < -0.3 is 35.1 Å². The van der Waals surface area contributed by atoms with E-state index < -0.39 is 23.4 Å². The lowest BCUT2D eigenvalue weighted by atomic mass is 9.49. The van der Waals surface area contributed by atoms with Gasteiger partial charge in [0.05, 0.1) is 33.3 Å². The molecule has 0 bridgehead atoms. The van der Waals surface area contributed by atoms with Crippen LogP contribution in [0.3, 0.4) is 0 Å². The summed E-state index contributed by atoms with van der Waals surface area (Å²) < 4.78 is 17.9. The second-order valence-corrected chi connectivity index (χ2v) is 20.4. The Morgan fingerprint density at radius 2 is 1.65 bits per heavy atom. The van der Waals surface area contributed by atoms with Crippen LogP contribution >= 0.6 is 22.9 Å². The van der Waals surface area contributed by atoms with Crippen LogP contribution in [-0.2, 0) is 25.7 Å². The number of nitrogens with one attached hydrogen (secondary N) is 3. The van der Waals surface area contributed by atoms with Crippen molar-refractivity contribution < 1.29 is 33.4 Å². The molecule has 1 unspecified atom stereocenters. The number of nitriles is 1. The first kappa shape index (κ1) is 49.0. The molecule has 0 radical (unpaired) electrons. The maximum atomic E-state index is 13.9. The standard InChI is InChI=1S/C50H61ClN6O7S/c1-31-41(65-30-54-31)33-15-13-32(14-16-33)28-53-44(60)39-12-11-23-57(39)45(61)42(48(2,3)4)55-40(58)29-62-24-9-10-25-63-36-20-17-34(18-21-36)43(59)56-46-49(5,6)47(50(46,7)8)64-37-22-19-35(27-52)38(51)26-37/h13-22,26,30,39,42,46-47H,9-12,23-25,28-29H2,1-8H3,(H,53,60)(H,55,58)(H,56,59)/t39-,42?,46?,47?/m0/s1. The van der Waals surface area contributed by atoms with Crippen molar-refractivity contribution in [1.29, 1.82) is 5.26 Å². The van der Waals surface area contributed by atoms with Gasteiger partial charge in [0.1, 0.15) is 42.4 Å². The van der Waals surface area contributed by atoms with Gasteiger partial charge in [-0.25, -0.2) is 4.98 Å². The minimum absolute atomic E-state index is 0.170. The molecule has 2 fully saturated rings. The summed E-state index contributed by atoms with van der Waals surface area (Å²) in [6, 6.07) is 20.5. The number of benzene rings is 3. The number of aromatic nitrogens is 1. The molecule has 1 aliphatic heterocycles. The number of unbranched alkanes of at least 4 members (excludes halogenated alkanes) is 1. The van der Waals surface area contributed by atoms with Crippen LogP contribution in [0.5, 0.6) is 11.5 Å². The van der Waals surface area contributed by atoms with Gasteiger partial charge in [-0.2, -0.15) is 5.26 Å². The molecule has 3 N–H and O–H groups in total. The largest absolute Gasteiger partial charge is 0.494 e. The van der Waals surface area contributed by atoms with E-state index in [9.17, 15) is 24.4 Å². The summed E-state index contributed by atoms with van der Waals surface area (Å²) in [6.07, 6.45) is 2.36. The van der Waals surface area contributed by atoms with Gasteiger partial charge in [-0.15, -0.1) is 11.3 Å². The summed E-state index contributed by atoms with van der Waals surface area (Å²) in [5.41, 5.74) is 4.36. The van der Waals surface area contributed by atoms with E-state index >= 15 is 0 Å². The molecule has 2 heterocycles. The second-order valence-electron chi connectivity index (χ2n) is 19.2. The smallest absolute Gasteiger partial charge is 0.251 e. The molecule has 6 rings (SSSR count). The van der Waals surface area contributed by atoms with Crippen LogP contribution in [0.15, 0.2) is 72.2 Å². The van der Waals surface area contributed by atoms with Gasteiger partial charge in [-0.05, 0) is 85.5 Å². The quantitative estimate of drug-likeness (QED) is 0.0831. The molecular weight excluding hydrogens is 864 g/mol. The van der Waals surface area contributed by atoms with Crippen LogP contribution in [0.2, 0.25) is 5.02 Å². The minimum Gasteiger partial charge on any atom is -0.494 e. The van der Waals surface area contributed by atoms with E-state index in [1.54, 1.807) is 58.7 Å². The van der Waals surface area contributed by atoms with Gasteiger partial charge in [0.15, 0.2) is 0 Å². The van der Waals surface area contributed by atoms with E-state index in [0.717, 1.165) is 21.7 Å². The number of amides is 4. The molecule has 1 saturated carbocycles. The zero-order chi connectivity index (χ0) is 47.1. The fraction of sp³-hybridized carbons (Fsp3) is 0.480. The topological polar surface area (TPSA) is 172 Å². The Labute approximate surface area is 391 Å². The van der Waals surface area contributed by atoms with Crippen molar-refractivity contribution in [3.63, 3.8) is 0 Å². The molecule has 15 heteroatoms. The van der Waals surface area contributed by atoms with Crippen molar-refractivity contribution in [2.75, 3.05) is 26.4 Å². The average Bonchev–Trinajstić information content (AvgIpc) is 3.94. The summed E-state index contributed by atoms with van der Waals surface area (Å²) >= 11 is 7.83. The zero-order valence-corrected chi connectivity index (χ0v) is 40.2. The van der Waals surface area contributed by atoms with Crippen LogP contribution in [0.25, 0.3) is 10.4 Å². The molecule has 2 atom stereocenters. The Morgan fingerprint density at radius 3 is 2.28 bits per heavy atom. The van der Waals surface area contributed by atoms with E-state index in [-0.39, 0.29) is 47.3 Å². The van der Waals surface area contributed by atoms with Crippen molar-refractivity contribution in [3.05, 3.63) is 99.6 Å². The zero-order valence-electron chi connectivity index (χ0n) is 38.6. The normalized spacial score (nSPS) is 19.0. The highest BCUT2D eigenvalue weighted by Crippen LogP contribution is 2.55. The molecule has 2 aliphatic rings. The summed E-state index contributed by atoms with van der Waals surface area (Å²) in [5.74, 6) is 0.117. The predicted molar refractivity (Wildman–Crippen MR) is 252 cm³/mol. The van der Waals surface area contributed by atoms with Gasteiger partial charge in [-0.1, -0.05) is 84.3 Å². The highest BCUT2D eigenvalue weighted by Gasteiger charge is 2.64. The number of ether oxygens (including phenoxy) is 3. The number of likely N-dealkylation sites (tertiary alicyclic amines) is 1. The van der Waals surface area contributed by atoms with Crippen LogP contribution in [0, 0.1) is 34.5 Å². The van der Waals surface area contributed by atoms with Crippen molar-refractivity contribution in [1.82, 2.24) is 25.8 Å². The minimum atomic E-state index is -0.842. The molecule has 1 aliphatic carbocycles. The molecule has 4 aromatic rings. The molecule has 346 valence electrons.